The summed E-state index contributed by atoms with van der Waals surface area (Å²) in [6, 6.07) is 24.9. The van der Waals surface area contributed by atoms with Crippen LogP contribution in [0, 0.1) is 17.7 Å². The van der Waals surface area contributed by atoms with Gasteiger partial charge in [-0.3, -0.25) is 34.3 Å². The van der Waals surface area contributed by atoms with Crippen molar-refractivity contribution in [2.45, 2.75) is 95.9 Å². The van der Waals surface area contributed by atoms with Crippen molar-refractivity contribution in [1.29, 1.82) is 0 Å². The number of hydrazone groups is 1. The van der Waals surface area contributed by atoms with Crippen molar-refractivity contribution < 1.29 is 42.9 Å². The van der Waals surface area contributed by atoms with Crippen molar-refractivity contribution in [3.8, 4) is 11.5 Å². The molecule has 5 heterocycles. The molecule has 10 rings (SSSR count). The summed E-state index contributed by atoms with van der Waals surface area (Å²) in [5, 5.41) is 21.2. The average Bonchev–Trinajstić information content (AvgIpc) is 3.61. The molecule has 6 aliphatic rings. The molecular formula is C64H83FN10O8. The van der Waals surface area contributed by atoms with Crippen LogP contribution in [0.3, 0.4) is 0 Å². The van der Waals surface area contributed by atoms with Crippen LogP contribution in [-0.4, -0.2) is 188 Å². The Morgan fingerprint density at radius 2 is 1.51 bits per heavy atom. The van der Waals surface area contributed by atoms with Crippen LogP contribution in [0.25, 0.3) is 0 Å². The first-order chi connectivity index (χ1) is 40.4. The molecule has 4 aromatic rings. The number of piperidine rings is 2. The van der Waals surface area contributed by atoms with Gasteiger partial charge in [0.05, 0.1) is 38.1 Å². The zero-order chi connectivity index (χ0) is 57.8. The van der Waals surface area contributed by atoms with Gasteiger partial charge in [0.1, 0.15) is 23.4 Å². The third kappa shape index (κ3) is 14.9. The lowest BCUT2D eigenvalue weighted by molar-refractivity contribution is -0.137. The summed E-state index contributed by atoms with van der Waals surface area (Å²) in [5.41, 5.74) is 8.15. The number of fused-ring (bicyclic) bond motifs is 1. The molecule has 3 atom stereocenters. The lowest BCUT2D eigenvalue weighted by Gasteiger charge is -2.41. The van der Waals surface area contributed by atoms with Gasteiger partial charge >= 0.3 is 0 Å². The van der Waals surface area contributed by atoms with Gasteiger partial charge in [-0.1, -0.05) is 67.8 Å². The van der Waals surface area contributed by atoms with Crippen LogP contribution >= 0.6 is 0 Å². The van der Waals surface area contributed by atoms with Gasteiger partial charge in [-0.2, -0.15) is 5.10 Å². The number of rotatable bonds is 19. The maximum absolute atomic E-state index is 15.2. The molecule has 0 radical (unpaired) electrons. The predicted octanol–water partition coefficient (Wildman–Crippen LogP) is 5.79. The number of carbonyl (C=O) groups excluding carboxylic acids is 5. The summed E-state index contributed by atoms with van der Waals surface area (Å²) in [6.07, 6.45) is 8.07. The highest BCUT2D eigenvalue weighted by Gasteiger charge is 2.37. The van der Waals surface area contributed by atoms with Crippen LogP contribution in [0.4, 0.5) is 4.39 Å². The smallest absolute Gasteiger partial charge is 0.256 e. The molecule has 444 valence electrons. The van der Waals surface area contributed by atoms with Gasteiger partial charge in [0.2, 0.25) is 17.7 Å². The highest BCUT2D eigenvalue weighted by atomic mass is 19.1. The number of aliphatic hydroxyl groups excluding tert-OH is 1. The summed E-state index contributed by atoms with van der Waals surface area (Å²) in [5.74, 6) is 0.934. The number of nitrogens with one attached hydrogen (secondary N) is 3. The number of hydrogen-bond acceptors (Lipinski definition) is 13. The summed E-state index contributed by atoms with van der Waals surface area (Å²) in [7, 11) is 1.62. The van der Waals surface area contributed by atoms with Crippen molar-refractivity contribution in [3.05, 3.63) is 130 Å². The van der Waals surface area contributed by atoms with E-state index in [-0.39, 0.29) is 47.6 Å². The fourth-order valence-corrected chi connectivity index (χ4v) is 13.1. The van der Waals surface area contributed by atoms with Crippen LogP contribution in [-0.2, 0) is 27.3 Å². The fourth-order valence-electron chi connectivity index (χ4n) is 13.1. The molecule has 0 bridgehead atoms. The molecule has 83 heavy (non-hydrogen) atoms. The highest BCUT2D eigenvalue weighted by molar-refractivity contribution is 6.04. The summed E-state index contributed by atoms with van der Waals surface area (Å²) in [6.45, 7) is 11.6. The SMILES string of the molecule is CCOc1cc(OC)ccc1CNCC(=O)N1CCC[C@H](c2cccc(C(=O)N[C@@H](C(=O)N3CCC(CN4CCN(CC(=O)N5CCN(C(=O)c6cc(CC7=NNC(O)c8ccccc87)ccc6F)CC5)CC4)CC3)C3CCCCC3)c2)C1. The predicted molar refractivity (Wildman–Crippen MR) is 315 cm³/mol. The quantitative estimate of drug-likeness (QED) is 0.0886. The Bertz CT molecular complexity index is 2950. The Hall–Kier alpha value is -6.93. The number of aliphatic hydroxyl groups is 1. The molecule has 1 aliphatic carbocycles. The number of methoxy groups -OCH3 is 1. The zero-order valence-corrected chi connectivity index (χ0v) is 48.4. The minimum Gasteiger partial charge on any atom is -0.497 e. The van der Waals surface area contributed by atoms with Crippen LogP contribution < -0.4 is 25.5 Å². The number of ether oxygens (including phenoxy) is 2. The van der Waals surface area contributed by atoms with Gasteiger partial charge < -0.3 is 49.7 Å². The molecule has 4 N–H and O–H groups in total. The Kier molecular flexibility index (Phi) is 20.1. The van der Waals surface area contributed by atoms with E-state index in [0.29, 0.717) is 107 Å². The molecule has 18 nitrogen and oxygen atoms in total. The molecule has 5 aliphatic heterocycles. The monoisotopic (exact) mass is 1140 g/mol. The number of halogens is 1. The number of benzene rings is 4. The number of carbonyl (C=O) groups is 5. The van der Waals surface area contributed by atoms with Crippen LogP contribution in [0.5, 0.6) is 11.5 Å². The normalized spacial score (nSPS) is 20.7. The first-order valence-electron chi connectivity index (χ1n) is 30.3. The number of nitrogens with zero attached hydrogens (tertiary/aromatic N) is 7. The van der Waals surface area contributed by atoms with Crippen molar-refractivity contribution >= 4 is 35.2 Å². The first kappa shape index (κ1) is 59.2. The molecule has 4 aromatic carbocycles. The Balaban J connectivity index is 0.647. The van der Waals surface area contributed by atoms with Gasteiger partial charge in [0.25, 0.3) is 11.8 Å². The topological polar surface area (TPSA) is 192 Å². The van der Waals surface area contributed by atoms with E-state index in [1.807, 2.05) is 88.4 Å². The minimum absolute atomic E-state index is 0.00983. The molecule has 5 fully saturated rings. The van der Waals surface area contributed by atoms with Crippen molar-refractivity contribution in [2.75, 3.05) is 112 Å². The largest absolute Gasteiger partial charge is 0.497 e. The summed E-state index contributed by atoms with van der Waals surface area (Å²) >= 11 is 0. The zero-order valence-electron chi connectivity index (χ0n) is 48.4. The van der Waals surface area contributed by atoms with Gasteiger partial charge in [0.15, 0.2) is 6.23 Å². The Labute approximate surface area is 487 Å². The molecule has 0 aromatic heterocycles. The molecule has 1 unspecified atom stereocenters. The van der Waals surface area contributed by atoms with E-state index in [0.717, 1.165) is 119 Å². The standard InChI is InChI=1S/C64H83FN10O8/c1-3-83-57-38-51(82-2)20-19-49(57)39-66-40-58(76)75-24-10-15-50(42-75)47-13-9-14-48(37-47)61(78)67-60(46-11-5-4-6-12-46)64(81)73-25-22-44(23-26-73)41-70-27-29-71(30-28-70)43-59(77)72-31-33-74(34-32-72)63(80)54-35-45(18-21-55(54)65)36-56-52-16-7-8-17-53(52)62(79)69-68-56/h7-9,13-14,16-21,35,37-38,44,46,50,60,62,66,69,79H,3-6,10-12,15,22-34,36,39-43H2,1-2H3,(H,67,78)/t50-,60+,62?/m0/s1. The Morgan fingerprint density at radius 3 is 2.28 bits per heavy atom. The number of piperazine rings is 2. The van der Waals surface area contributed by atoms with Gasteiger partial charge in [-0.15, -0.1) is 0 Å². The Morgan fingerprint density at radius 1 is 0.747 bits per heavy atom. The molecule has 0 spiro atoms. The van der Waals surface area contributed by atoms with Crippen molar-refractivity contribution in [3.63, 3.8) is 0 Å². The van der Waals surface area contributed by atoms with Crippen LogP contribution in [0.15, 0.2) is 90.0 Å². The second-order valence-electron chi connectivity index (χ2n) is 23.4. The third-order valence-electron chi connectivity index (χ3n) is 17.9. The summed E-state index contributed by atoms with van der Waals surface area (Å²) < 4.78 is 26.4. The molecule has 5 amide bonds. The fraction of sp³-hybridized carbons (Fsp3) is 0.531. The van der Waals surface area contributed by atoms with Crippen LogP contribution in [0.1, 0.15) is 125 Å². The van der Waals surface area contributed by atoms with E-state index < -0.39 is 24.0 Å². The van der Waals surface area contributed by atoms with E-state index >= 15 is 4.39 Å². The average molecular weight is 1140 g/mol. The molecule has 19 heteroatoms. The third-order valence-corrected chi connectivity index (χ3v) is 17.9. The van der Waals surface area contributed by atoms with Gasteiger partial charge in [0, 0.05) is 132 Å². The second kappa shape index (κ2) is 28.1. The lowest BCUT2D eigenvalue weighted by Crippen LogP contribution is -2.55. The molecule has 4 saturated heterocycles. The molecule has 1 saturated carbocycles. The second-order valence-corrected chi connectivity index (χ2v) is 23.4. The van der Waals surface area contributed by atoms with Gasteiger partial charge in [-0.25, -0.2) is 4.39 Å². The number of likely N-dealkylation sites (tertiary alicyclic amines) is 2. The van der Waals surface area contributed by atoms with E-state index in [9.17, 15) is 29.1 Å². The van der Waals surface area contributed by atoms with E-state index in [2.05, 4.69) is 31.0 Å². The maximum Gasteiger partial charge on any atom is 0.256 e. The minimum atomic E-state index is -0.913. The number of amides is 5. The maximum atomic E-state index is 15.2. The van der Waals surface area contributed by atoms with Crippen molar-refractivity contribution in [2.24, 2.45) is 16.9 Å². The van der Waals surface area contributed by atoms with Crippen LogP contribution in [0.2, 0.25) is 0 Å². The first-order valence-corrected chi connectivity index (χ1v) is 30.3. The summed E-state index contributed by atoms with van der Waals surface area (Å²) in [4.78, 5) is 81.5. The number of hydrogen-bond donors (Lipinski definition) is 4. The van der Waals surface area contributed by atoms with E-state index in [4.69, 9.17) is 9.47 Å². The van der Waals surface area contributed by atoms with E-state index in [1.165, 1.54) is 6.07 Å². The molecular weight excluding hydrogens is 1060 g/mol. The van der Waals surface area contributed by atoms with Gasteiger partial charge in [-0.05, 0) is 98.7 Å². The highest BCUT2D eigenvalue weighted by Crippen LogP contribution is 2.32. The van der Waals surface area contributed by atoms with E-state index in [1.54, 1.807) is 24.1 Å². The lowest BCUT2D eigenvalue weighted by atomic mass is 9.82. The van der Waals surface area contributed by atoms with Crippen molar-refractivity contribution in [1.82, 2.24) is 45.5 Å².